The zero-order chi connectivity index (χ0) is 21.8. The van der Waals surface area contributed by atoms with Crippen LogP contribution in [0.2, 0.25) is 0 Å². The number of anilines is 1. The first-order valence-corrected chi connectivity index (χ1v) is 11.3. The molecule has 8 heteroatoms. The van der Waals surface area contributed by atoms with Crippen molar-refractivity contribution in [3.05, 3.63) is 45.8 Å². The summed E-state index contributed by atoms with van der Waals surface area (Å²) in [5.41, 5.74) is 7.57. The van der Waals surface area contributed by atoms with Crippen LogP contribution in [0.25, 0.3) is 0 Å². The Morgan fingerprint density at radius 1 is 1.37 bits per heavy atom. The maximum absolute atomic E-state index is 12.6. The van der Waals surface area contributed by atoms with Crippen LogP contribution in [0, 0.1) is 11.8 Å². The molecular weight excluding hydrogens is 418 g/mol. The van der Waals surface area contributed by atoms with Crippen LogP contribution in [0.4, 0.5) is 5.00 Å². The predicted molar refractivity (Wildman–Crippen MR) is 124 cm³/mol. The topological polar surface area (TPSA) is 93.4 Å². The molecule has 6 nitrogen and oxygen atoms in total. The van der Waals surface area contributed by atoms with Gasteiger partial charge in [-0.1, -0.05) is 26.8 Å². The van der Waals surface area contributed by atoms with Crippen molar-refractivity contribution in [2.24, 2.45) is 17.6 Å². The molecule has 0 spiro atoms. The highest BCUT2D eigenvalue weighted by Gasteiger charge is 2.27. The van der Waals surface area contributed by atoms with Gasteiger partial charge in [-0.3, -0.25) is 14.9 Å². The quantitative estimate of drug-likeness (QED) is 0.581. The number of primary amides is 1. The number of amides is 2. The van der Waals surface area contributed by atoms with Crippen LogP contribution in [-0.2, 0) is 12.8 Å². The molecule has 0 saturated carbocycles. The van der Waals surface area contributed by atoms with E-state index in [-0.39, 0.29) is 11.0 Å². The van der Waals surface area contributed by atoms with Crippen molar-refractivity contribution in [2.45, 2.75) is 40.0 Å². The molecule has 30 heavy (non-hydrogen) atoms. The van der Waals surface area contributed by atoms with Crippen molar-refractivity contribution in [2.75, 3.05) is 11.9 Å². The molecule has 0 fully saturated rings. The maximum atomic E-state index is 12.6. The van der Waals surface area contributed by atoms with Crippen LogP contribution in [0.15, 0.2) is 24.3 Å². The first-order valence-electron chi connectivity index (χ1n) is 10.0. The monoisotopic (exact) mass is 445 g/mol. The molecule has 4 N–H and O–H groups in total. The molecule has 0 bridgehead atoms. The Bertz CT molecular complexity index is 969. The molecule has 0 unspecified atom stereocenters. The molecular formula is C22H27N3O3S2. The number of hydrogen-bond donors (Lipinski definition) is 3. The smallest absolute Gasteiger partial charge is 0.257 e. The van der Waals surface area contributed by atoms with E-state index in [2.05, 4.69) is 31.4 Å². The summed E-state index contributed by atoms with van der Waals surface area (Å²) in [4.78, 5) is 25.8. The molecule has 1 aliphatic rings. The minimum absolute atomic E-state index is 0.127. The van der Waals surface area contributed by atoms with Gasteiger partial charge in [-0.25, -0.2) is 0 Å². The molecule has 2 aromatic rings. The summed E-state index contributed by atoms with van der Waals surface area (Å²) in [6.45, 7) is 6.89. The summed E-state index contributed by atoms with van der Waals surface area (Å²) in [5.74, 6) is 0.762. The van der Waals surface area contributed by atoms with Crippen molar-refractivity contribution >= 4 is 45.5 Å². The van der Waals surface area contributed by atoms with Gasteiger partial charge in [-0.05, 0) is 67.1 Å². The largest absolute Gasteiger partial charge is 0.493 e. The molecule has 0 saturated heterocycles. The van der Waals surface area contributed by atoms with E-state index in [1.807, 2.05) is 6.07 Å². The van der Waals surface area contributed by atoms with Crippen LogP contribution < -0.4 is 21.1 Å². The number of nitrogens with two attached hydrogens (primary N) is 1. The first-order chi connectivity index (χ1) is 14.2. The normalized spacial score (nSPS) is 15.4. The van der Waals surface area contributed by atoms with E-state index in [4.69, 9.17) is 22.7 Å². The molecule has 3 rings (SSSR count). The van der Waals surface area contributed by atoms with Crippen LogP contribution >= 0.6 is 23.6 Å². The molecule has 0 aliphatic heterocycles. The van der Waals surface area contributed by atoms with E-state index >= 15 is 0 Å². The Labute approximate surface area is 186 Å². The molecule has 2 amide bonds. The highest BCUT2D eigenvalue weighted by Crippen LogP contribution is 2.39. The summed E-state index contributed by atoms with van der Waals surface area (Å²) < 4.78 is 5.68. The lowest BCUT2D eigenvalue weighted by molar-refractivity contribution is 0.0975. The third kappa shape index (κ3) is 5.37. The van der Waals surface area contributed by atoms with Gasteiger partial charge < -0.3 is 15.8 Å². The number of thiophene rings is 1. The number of thiocarbonyl (C=S) groups is 1. The van der Waals surface area contributed by atoms with E-state index < -0.39 is 5.91 Å². The summed E-state index contributed by atoms with van der Waals surface area (Å²) >= 11 is 6.81. The van der Waals surface area contributed by atoms with E-state index in [0.29, 0.717) is 40.3 Å². The van der Waals surface area contributed by atoms with Crippen LogP contribution in [0.1, 0.15) is 58.3 Å². The summed E-state index contributed by atoms with van der Waals surface area (Å²) in [6, 6.07) is 6.95. The lowest BCUT2D eigenvalue weighted by atomic mass is 9.88. The number of benzene rings is 1. The molecule has 1 atom stereocenters. The van der Waals surface area contributed by atoms with Crippen LogP contribution in [0.3, 0.4) is 0 Å². The second-order valence-electron chi connectivity index (χ2n) is 8.06. The average molecular weight is 446 g/mol. The summed E-state index contributed by atoms with van der Waals surface area (Å²) in [7, 11) is 0. The van der Waals surface area contributed by atoms with Gasteiger partial charge in [0.05, 0.1) is 12.2 Å². The van der Waals surface area contributed by atoms with Crippen LogP contribution in [0.5, 0.6) is 5.75 Å². The predicted octanol–water partition coefficient (Wildman–Crippen LogP) is 4.13. The number of fused-ring (bicyclic) bond motifs is 1. The van der Waals surface area contributed by atoms with Crippen molar-refractivity contribution in [1.29, 1.82) is 0 Å². The zero-order valence-corrected chi connectivity index (χ0v) is 19.0. The number of rotatable bonds is 6. The van der Waals surface area contributed by atoms with Gasteiger partial charge in [0.1, 0.15) is 10.8 Å². The van der Waals surface area contributed by atoms with Crippen molar-refractivity contribution in [1.82, 2.24) is 5.32 Å². The molecule has 1 aromatic heterocycles. The second-order valence-corrected chi connectivity index (χ2v) is 9.57. The fourth-order valence-electron chi connectivity index (χ4n) is 3.40. The Kier molecular flexibility index (Phi) is 7.10. The molecule has 1 heterocycles. The third-order valence-electron chi connectivity index (χ3n) is 4.89. The Hall–Kier alpha value is -2.45. The van der Waals surface area contributed by atoms with Gasteiger partial charge >= 0.3 is 0 Å². The number of carbonyl (C=O) groups is 2. The van der Waals surface area contributed by atoms with Gasteiger partial charge in [-0.15, -0.1) is 11.3 Å². The van der Waals surface area contributed by atoms with Gasteiger partial charge in [0.2, 0.25) is 0 Å². The minimum Gasteiger partial charge on any atom is -0.493 e. The van der Waals surface area contributed by atoms with Crippen molar-refractivity contribution < 1.29 is 14.3 Å². The van der Waals surface area contributed by atoms with E-state index in [0.717, 1.165) is 29.7 Å². The van der Waals surface area contributed by atoms with E-state index in [1.54, 1.807) is 18.2 Å². The highest BCUT2D eigenvalue weighted by atomic mass is 32.1. The number of nitrogens with one attached hydrogen (secondary N) is 2. The highest BCUT2D eigenvalue weighted by molar-refractivity contribution is 7.80. The molecule has 1 aromatic carbocycles. The lowest BCUT2D eigenvalue weighted by Gasteiger charge is -2.18. The zero-order valence-electron chi connectivity index (χ0n) is 17.4. The van der Waals surface area contributed by atoms with Crippen LogP contribution in [-0.4, -0.2) is 23.5 Å². The fourth-order valence-corrected chi connectivity index (χ4v) is 5.08. The summed E-state index contributed by atoms with van der Waals surface area (Å²) in [6.07, 6.45) is 2.78. The van der Waals surface area contributed by atoms with Gasteiger partial charge in [0, 0.05) is 10.4 Å². The Morgan fingerprint density at radius 2 is 2.13 bits per heavy atom. The summed E-state index contributed by atoms with van der Waals surface area (Å²) in [5, 5.41) is 6.40. The lowest BCUT2D eigenvalue weighted by Crippen LogP contribution is -2.34. The number of hydrogen-bond acceptors (Lipinski definition) is 5. The van der Waals surface area contributed by atoms with Crippen molar-refractivity contribution in [3.63, 3.8) is 0 Å². The fraction of sp³-hybridized carbons (Fsp3) is 0.409. The molecule has 160 valence electrons. The molecule has 0 radical (unpaired) electrons. The minimum atomic E-state index is -0.478. The van der Waals surface area contributed by atoms with Gasteiger partial charge in [0.15, 0.2) is 5.11 Å². The third-order valence-corrected chi connectivity index (χ3v) is 6.27. The standard InChI is InChI=1S/C22H27N3O3S2/c1-12(2)11-28-15-6-4-5-14(10-15)20(27)24-22(29)25-21-18(19(23)26)16-8-7-13(3)9-17(16)30-21/h4-6,10,12-13H,7-9,11H2,1-3H3,(H2,23,26)(H2,24,25,27,29)/t13-/m1/s1. The number of ether oxygens (including phenoxy) is 1. The second kappa shape index (κ2) is 9.57. The van der Waals surface area contributed by atoms with E-state index in [9.17, 15) is 9.59 Å². The van der Waals surface area contributed by atoms with Crippen molar-refractivity contribution in [3.8, 4) is 5.75 Å². The van der Waals surface area contributed by atoms with Gasteiger partial charge in [0.25, 0.3) is 11.8 Å². The SMILES string of the molecule is CC(C)COc1cccc(C(=O)NC(=S)Nc2sc3c(c2C(N)=O)CC[C@@H](C)C3)c1. The number of carbonyl (C=O) groups excluding carboxylic acids is 2. The first kappa shape index (κ1) is 22.2. The van der Waals surface area contributed by atoms with E-state index in [1.165, 1.54) is 11.3 Å². The van der Waals surface area contributed by atoms with Gasteiger partial charge in [-0.2, -0.15) is 0 Å². The maximum Gasteiger partial charge on any atom is 0.257 e. The Morgan fingerprint density at radius 3 is 2.83 bits per heavy atom. The Balaban J connectivity index is 1.70. The average Bonchev–Trinajstić information content (AvgIpc) is 3.03. The molecule has 1 aliphatic carbocycles.